The summed E-state index contributed by atoms with van der Waals surface area (Å²) in [7, 11) is 1.49. The molecule has 1 aromatic rings. The summed E-state index contributed by atoms with van der Waals surface area (Å²) >= 11 is 5.38. The van der Waals surface area contributed by atoms with Gasteiger partial charge in [0, 0.05) is 5.56 Å². The van der Waals surface area contributed by atoms with Crippen molar-refractivity contribution in [2.45, 2.75) is 6.92 Å². The van der Waals surface area contributed by atoms with Gasteiger partial charge in [-0.2, -0.15) is 0 Å². The molecular weight excluding hydrogens is 230 g/mol. The fraction of sp³-hybridized carbons (Fsp3) is 0.273. The third-order valence-electron chi connectivity index (χ3n) is 2.00. The fourth-order valence-corrected chi connectivity index (χ4v) is 1.28. The Balaban J connectivity index is 3.06. The Morgan fingerprint density at radius 3 is 2.62 bits per heavy atom. The number of hydrogen-bond donors (Lipinski definition) is 1. The van der Waals surface area contributed by atoms with Crippen molar-refractivity contribution in [3.8, 4) is 5.75 Å². The van der Waals surface area contributed by atoms with Crippen LogP contribution in [0, 0.1) is 0 Å². The minimum Gasteiger partial charge on any atom is -0.495 e. The number of Topliss-reactive ketones (excluding diaryl/α,β-unsaturated/α-hetero) is 1. The molecule has 0 aliphatic rings. The summed E-state index contributed by atoms with van der Waals surface area (Å²) in [6.45, 7) is 1.45. The van der Waals surface area contributed by atoms with Crippen LogP contribution in [0.2, 0.25) is 0 Å². The number of benzene rings is 1. The second kappa shape index (κ2) is 5.51. The van der Waals surface area contributed by atoms with Crippen molar-refractivity contribution in [3.05, 3.63) is 23.8 Å². The zero-order valence-corrected chi connectivity index (χ0v) is 9.80. The van der Waals surface area contributed by atoms with Gasteiger partial charge in [-0.25, -0.2) is 0 Å². The highest BCUT2D eigenvalue weighted by Crippen LogP contribution is 2.25. The number of rotatable bonds is 4. The highest BCUT2D eigenvalue weighted by Gasteiger charge is 2.09. The van der Waals surface area contributed by atoms with Crippen molar-refractivity contribution in [1.82, 2.24) is 0 Å². The van der Waals surface area contributed by atoms with E-state index in [1.54, 1.807) is 18.2 Å². The standard InChI is InChI=1S/C11H12ClNO3/c1-7(14)8-3-4-10(16-2)9(5-8)13-11(15)6-12/h3-5H,6H2,1-2H3,(H,13,15). The summed E-state index contributed by atoms with van der Waals surface area (Å²) < 4.78 is 5.06. The summed E-state index contributed by atoms with van der Waals surface area (Å²) in [5.74, 6) is -0.0823. The number of ether oxygens (including phenoxy) is 1. The van der Waals surface area contributed by atoms with E-state index in [0.717, 1.165) is 0 Å². The minimum absolute atomic E-state index is 0.0796. The highest BCUT2D eigenvalue weighted by atomic mass is 35.5. The van der Waals surface area contributed by atoms with E-state index in [2.05, 4.69) is 5.32 Å². The molecule has 0 atom stereocenters. The van der Waals surface area contributed by atoms with Crippen molar-refractivity contribution in [2.75, 3.05) is 18.3 Å². The van der Waals surface area contributed by atoms with Crippen LogP contribution in [-0.4, -0.2) is 24.7 Å². The monoisotopic (exact) mass is 241 g/mol. The Hall–Kier alpha value is -1.55. The molecule has 0 saturated heterocycles. The van der Waals surface area contributed by atoms with Gasteiger partial charge in [0.25, 0.3) is 0 Å². The normalized spacial score (nSPS) is 9.69. The van der Waals surface area contributed by atoms with E-state index in [9.17, 15) is 9.59 Å². The molecule has 1 rings (SSSR count). The van der Waals surface area contributed by atoms with Gasteiger partial charge in [-0.05, 0) is 25.1 Å². The Bertz CT molecular complexity index is 418. The first-order valence-electron chi connectivity index (χ1n) is 4.63. The second-order valence-corrected chi connectivity index (χ2v) is 3.42. The largest absolute Gasteiger partial charge is 0.495 e. The maximum absolute atomic E-state index is 11.2. The Morgan fingerprint density at radius 2 is 2.12 bits per heavy atom. The van der Waals surface area contributed by atoms with Gasteiger partial charge in [0.15, 0.2) is 5.78 Å². The summed E-state index contributed by atoms with van der Waals surface area (Å²) in [4.78, 5) is 22.3. The molecule has 1 aromatic carbocycles. The second-order valence-electron chi connectivity index (χ2n) is 3.15. The third kappa shape index (κ3) is 2.97. The van der Waals surface area contributed by atoms with Crippen molar-refractivity contribution in [3.63, 3.8) is 0 Å². The average molecular weight is 242 g/mol. The first kappa shape index (κ1) is 12.5. The molecule has 0 spiro atoms. The number of alkyl halides is 1. The predicted molar refractivity (Wildman–Crippen MR) is 62.3 cm³/mol. The molecule has 0 heterocycles. The fourth-order valence-electron chi connectivity index (χ4n) is 1.21. The van der Waals surface area contributed by atoms with E-state index in [-0.39, 0.29) is 17.6 Å². The lowest BCUT2D eigenvalue weighted by molar-refractivity contribution is -0.113. The molecule has 4 nitrogen and oxygen atoms in total. The number of halogens is 1. The lowest BCUT2D eigenvalue weighted by atomic mass is 10.1. The lowest BCUT2D eigenvalue weighted by Crippen LogP contribution is -2.13. The van der Waals surface area contributed by atoms with Crippen LogP contribution < -0.4 is 10.1 Å². The molecule has 0 aliphatic carbocycles. The maximum atomic E-state index is 11.2. The number of anilines is 1. The zero-order chi connectivity index (χ0) is 12.1. The molecule has 86 valence electrons. The van der Waals surface area contributed by atoms with Crippen LogP contribution in [0.5, 0.6) is 5.75 Å². The van der Waals surface area contributed by atoms with Crippen LogP contribution in [0.1, 0.15) is 17.3 Å². The SMILES string of the molecule is COc1ccc(C(C)=O)cc1NC(=O)CCl. The van der Waals surface area contributed by atoms with Crippen LogP contribution in [0.25, 0.3) is 0 Å². The Labute approximate surface area is 98.5 Å². The van der Waals surface area contributed by atoms with Crippen molar-refractivity contribution >= 4 is 29.0 Å². The summed E-state index contributed by atoms with van der Waals surface area (Å²) in [6, 6.07) is 4.82. The molecule has 1 amide bonds. The van der Waals surface area contributed by atoms with Gasteiger partial charge in [-0.1, -0.05) is 0 Å². The Kier molecular flexibility index (Phi) is 4.31. The van der Waals surface area contributed by atoms with E-state index < -0.39 is 0 Å². The molecule has 0 fully saturated rings. The summed E-state index contributed by atoms with van der Waals surface area (Å²) in [6.07, 6.45) is 0. The number of hydrogen-bond acceptors (Lipinski definition) is 3. The van der Waals surface area contributed by atoms with Gasteiger partial charge in [0.05, 0.1) is 12.8 Å². The van der Waals surface area contributed by atoms with Gasteiger partial charge >= 0.3 is 0 Å². The predicted octanol–water partition coefficient (Wildman–Crippen LogP) is 2.08. The topological polar surface area (TPSA) is 55.4 Å². The van der Waals surface area contributed by atoms with Crippen molar-refractivity contribution in [1.29, 1.82) is 0 Å². The molecule has 1 N–H and O–H groups in total. The molecule has 0 saturated carbocycles. The lowest BCUT2D eigenvalue weighted by Gasteiger charge is -2.10. The van der Waals surface area contributed by atoms with Gasteiger partial charge in [0.1, 0.15) is 11.6 Å². The van der Waals surface area contributed by atoms with E-state index in [1.165, 1.54) is 14.0 Å². The van der Waals surface area contributed by atoms with Gasteiger partial charge < -0.3 is 10.1 Å². The highest BCUT2D eigenvalue weighted by molar-refractivity contribution is 6.29. The van der Waals surface area contributed by atoms with Gasteiger partial charge in [-0.3, -0.25) is 9.59 Å². The van der Waals surface area contributed by atoms with Crippen molar-refractivity contribution < 1.29 is 14.3 Å². The molecule has 0 aromatic heterocycles. The number of nitrogens with one attached hydrogen (secondary N) is 1. The molecule has 16 heavy (non-hydrogen) atoms. The number of ketones is 1. The maximum Gasteiger partial charge on any atom is 0.239 e. The van der Waals surface area contributed by atoms with E-state index in [0.29, 0.717) is 17.0 Å². The molecule has 5 heteroatoms. The number of amides is 1. The minimum atomic E-state index is -0.347. The zero-order valence-electron chi connectivity index (χ0n) is 9.04. The van der Waals surface area contributed by atoms with Crippen molar-refractivity contribution in [2.24, 2.45) is 0 Å². The number of carbonyl (C=O) groups is 2. The Morgan fingerprint density at radius 1 is 1.44 bits per heavy atom. The molecular formula is C11H12ClNO3. The first-order valence-corrected chi connectivity index (χ1v) is 5.16. The smallest absolute Gasteiger partial charge is 0.239 e. The molecule has 0 unspecified atom stereocenters. The average Bonchev–Trinajstić information content (AvgIpc) is 2.28. The van der Waals surface area contributed by atoms with Crippen LogP contribution in [0.15, 0.2) is 18.2 Å². The first-order chi connectivity index (χ1) is 7.58. The van der Waals surface area contributed by atoms with Crippen LogP contribution in [-0.2, 0) is 4.79 Å². The van der Waals surface area contributed by atoms with E-state index in [4.69, 9.17) is 16.3 Å². The van der Waals surface area contributed by atoms with Crippen LogP contribution in [0.4, 0.5) is 5.69 Å². The summed E-state index contributed by atoms with van der Waals surface area (Å²) in [5, 5.41) is 2.56. The van der Waals surface area contributed by atoms with Gasteiger partial charge in [0.2, 0.25) is 5.91 Å². The molecule has 0 aliphatic heterocycles. The van der Waals surface area contributed by atoms with Crippen LogP contribution in [0.3, 0.4) is 0 Å². The third-order valence-corrected chi connectivity index (χ3v) is 2.24. The van der Waals surface area contributed by atoms with E-state index in [1.807, 2.05) is 0 Å². The van der Waals surface area contributed by atoms with Crippen LogP contribution >= 0.6 is 11.6 Å². The number of carbonyl (C=O) groups excluding carboxylic acids is 2. The number of methoxy groups -OCH3 is 1. The van der Waals surface area contributed by atoms with Gasteiger partial charge in [-0.15, -0.1) is 11.6 Å². The summed E-state index contributed by atoms with van der Waals surface area (Å²) in [5.41, 5.74) is 0.950. The molecule has 0 radical (unpaired) electrons. The quantitative estimate of drug-likeness (QED) is 0.649. The molecule has 0 bridgehead atoms. The van der Waals surface area contributed by atoms with E-state index >= 15 is 0 Å².